The van der Waals surface area contributed by atoms with Crippen molar-refractivity contribution in [2.24, 2.45) is 5.16 Å². The van der Waals surface area contributed by atoms with E-state index in [9.17, 15) is 19.2 Å². The SMILES string of the molecule is CC(=O)Oc1c(CN2C(=O)c3ccccc3C2=O)cccc1C(=O)Nc1ccc(C2=NOC(c3ccco3)C2)cc1. The van der Waals surface area contributed by atoms with Crippen molar-refractivity contribution in [1.29, 1.82) is 0 Å². The monoisotopic (exact) mass is 549 g/mol. The molecule has 1 unspecified atom stereocenters. The first-order valence-electron chi connectivity index (χ1n) is 12.8. The number of amides is 3. The fourth-order valence-electron chi connectivity index (χ4n) is 4.82. The van der Waals surface area contributed by atoms with Crippen LogP contribution in [0.4, 0.5) is 5.69 Å². The predicted molar refractivity (Wildman–Crippen MR) is 146 cm³/mol. The Morgan fingerprint density at radius 1 is 0.951 bits per heavy atom. The van der Waals surface area contributed by atoms with Crippen molar-refractivity contribution in [1.82, 2.24) is 4.90 Å². The summed E-state index contributed by atoms with van der Waals surface area (Å²) in [4.78, 5) is 57.7. The fourth-order valence-corrected chi connectivity index (χ4v) is 4.82. The van der Waals surface area contributed by atoms with Crippen LogP contribution >= 0.6 is 0 Å². The summed E-state index contributed by atoms with van der Waals surface area (Å²) in [7, 11) is 0. The van der Waals surface area contributed by atoms with E-state index in [-0.39, 0.29) is 24.0 Å². The number of esters is 1. The Bertz CT molecular complexity index is 1670. The van der Waals surface area contributed by atoms with E-state index in [1.165, 1.54) is 13.0 Å². The quantitative estimate of drug-likeness (QED) is 0.193. The number of nitrogens with one attached hydrogen (secondary N) is 1. The summed E-state index contributed by atoms with van der Waals surface area (Å²) in [6, 6.07) is 22.0. The van der Waals surface area contributed by atoms with E-state index in [2.05, 4.69) is 10.5 Å². The second kappa shape index (κ2) is 10.6. The molecule has 0 spiro atoms. The van der Waals surface area contributed by atoms with E-state index < -0.39 is 23.7 Å². The number of anilines is 1. The van der Waals surface area contributed by atoms with Crippen molar-refractivity contribution in [3.63, 3.8) is 0 Å². The first-order chi connectivity index (χ1) is 19.9. The number of furan rings is 1. The maximum Gasteiger partial charge on any atom is 0.308 e. The molecule has 0 bridgehead atoms. The van der Waals surface area contributed by atoms with Gasteiger partial charge in [-0.2, -0.15) is 0 Å². The molecular formula is C31H23N3O7. The van der Waals surface area contributed by atoms with E-state index in [0.717, 1.165) is 16.2 Å². The van der Waals surface area contributed by atoms with E-state index in [0.29, 0.717) is 34.6 Å². The van der Waals surface area contributed by atoms with Crippen molar-refractivity contribution < 1.29 is 33.2 Å². The van der Waals surface area contributed by atoms with Crippen LogP contribution in [-0.2, 0) is 16.2 Å². The minimum Gasteiger partial charge on any atom is -0.465 e. The Labute approximate surface area is 234 Å². The molecule has 2 aliphatic rings. The molecule has 1 aromatic heterocycles. The molecule has 10 heteroatoms. The minimum atomic E-state index is -0.648. The van der Waals surface area contributed by atoms with Crippen LogP contribution in [0.1, 0.15) is 67.4 Å². The van der Waals surface area contributed by atoms with Crippen LogP contribution < -0.4 is 10.1 Å². The van der Waals surface area contributed by atoms with Crippen LogP contribution in [0.5, 0.6) is 5.75 Å². The third-order valence-electron chi connectivity index (χ3n) is 6.80. The topological polar surface area (TPSA) is 128 Å². The van der Waals surface area contributed by atoms with E-state index >= 15 is 0 Å². The number of hydrogen-bond donors (Lipinski definition) is 1. The number of nitrogens with zero attached hydrogens (tertiary/aromatic N) is 2. The lowest BCUT2D eigenvalue weighted by Crippen LogP contribution is -2.29. The molecule has 0 saturated heterocycles. The Balaban J connectivity index is 1.19. The first kappa shape index (κ1) is 25.8. The number of carbonyl (C=O) groups is 4. The minimum absolute atomic E-state index is 0.0212. The van der Waals surface area contributed by atoms with Gasteiger partial charge < -0.3 is 19.3 Å². The van der Waals surface area contributed by atoms with Gasteiger partial charge in [0, 0.05) is 24.6 Å². The molecule has 4 aromatic rings. The Kier molecular flexibility index (Phi) is 6.64. The molecule has 2 aliphatic heterocycles. The number of oxime groups is 1. The van der Waals surface area contributed by atoms with Crippen LogP contribution in [0, 0.1) is 0 Å². The van der Waals surface area contributed by atoms with Gasteiger partial charge in [0.25, 0.3) is 17.7 Å². The third kappa shape index (κ3) is 4.98. The van der Waals surface area contributed by atoms with Gasteiger partial charge in [0.05, 0.1) is 35.2 Å². The normalized spacial score (nSPS) is 15.8. The van der Waals surface area contributed by atoms with Gasteiger partial charge in [-0.25, -0.2) is 0 Å². The van der Waals surface area contributed by atoms with Crippen molar-refractivity contribution in [2.45, 2.75) is 26.0 Å². The molecule has 0 saturated carbocycles. The Morgan fingerprint density at radius 3 is 2.34 bits per heavy atom. The number of fused-ring (bicyclic) bond motifs is 1. The summed E-state index contributed by atoms with van der Waals surface area (Å²) >= 11 is 0. The van der Waals surface area contributed by atoms with Crippen molar-refractivity contribution >= 4 is 35.1 Å². The molecule has 10 nitrogen and oxygen atoms in total. The molecule has 1 atom stereocenters. The fraction of sp³-hybridized carbons (Fsp3) is 0.129. The van der Waals surface area contributed by atoms with Gasteiger partial charge in [-0.15, -0.1) is 0 Å². The van der Waals surface area contributed by atoms with E-state index in [1.807, 2.05) is 18.2 Å². The number of carbonyl (C=O) groups excluding carboxylic acids is 4. The number of ether oxygens (including phenoxy) is 1. The van der Waals surface area contributed by atoms with Crippen LogP contribution in [0.15, 0.2) is 94.7 Å². The van der Waals surface area contributed by atoms with Gasteiger partial charge in [0.15, 0.2) is 6.10 Å². The highest BCUT2D eigenvalue weighted by Gasteiger charge is 2.36. The molecule has 0 radical (unpaired) electrons. The predicted octanol–water partition coefficient (Wildman–Crippen LogP) is 5.12. The largest absolute Gasteiger partial charge is 0.465 e. The van der Waals surface area contributed by atoms with Crippen LogP contribution in [0.25, 0.3) is 0 Å². The van der Waals surface area contributed by atoms with E-state index in [4.69, 9.17) is 14.0 Å². The zero-order chi connectivity index (χ0) is 28.5. The van der Waals surface area contributed by atoms with Crippen LogP contribution in [0.3, 0.4) is 0 Å². The summed E-state index contributed by atoms with van der Waals surface area (Å²) in [5, 5.41) is 6.97. The highest BCUT2D eigenvalue weighted by Crippen LogP contribution is 2.32. The van der Waals surface area contributed by atoms with Gasteiger partial charge in [-0.1, -0.05) is 41.6 Å². The second-order valence-electron chi connectivity index (χ2n) is 9.51. The molecular weight excluding hydrogens is 526 g/mol. The average molecular weight is 550 g/mol. The van der Waals surface area contributed by atoms with Crippen molar-refractivity contribution in [2.75, 3.05) is 5.32 Å². The van der Waals surface area contributed by atoms with Crippen LogP contribution in [-0.4, -0.2) is 34.3 Å². The summed E-state index contributed by atoms with van der Waals surface area (Å²) in [5.41, 5.74) is 3.10. The number of rotatable bonds is 7. The van der Waals surface area contributed by atoms with Gasteiger partial charge in [0.1, 0.15) is 11.5 Å². The third-order valence-corrected chi connectivity index (χ3v) is 6.80. The standard InChI is InChI=1S/C31H23N3O7/c1-18(35)40-28-20(17-34-30(37)22-7-2-3-8-23(22)31(34)38)6-4-9-24(28)29(36)32-21-13-11-19(12-14-21)25-16-27(41-33-25)26-10-5-15-39-26/h2-15,27H,16-17H2,1H3,(H,32,36). The lowest BCUT2D eigenvalue weighted by Gasteiger charge is -2.18. The highest BCUT2D eigenvalue weighted by molar-refractivity contribution is 6.21. The number of benzene rings is 3. The molecule has 0 aliphatic carbocycles. The molecule has 204 valence electrons. The molecule has 3 amide bonds. The first-order valence-corrected chi connectivity index (χ1v) is 12.8. The lowest BCUT2D eigenvalue weighted by atomic mass is 10.0. The van der Waals surface area contributed by atoms with Crippen molar-refractivity contribution in [3.05, 3.63) is 119 Å². The van der Waals surface area contributed by atoms with Crippen molar-refractivity contribution in [3.8, 4) is 5.75 Å². The number of imide groups is 1. The summed E-state index contributed by atoms with van der Waals surface area (Å²) in [6.07, 6.45) is 1.85. The molecule has 6 rings (SSSR count). The smallest absolute Gasteiger partial charge is 0.308 e. The van der Waals surface area contributed by atoms with Gasteiger partial charge in [-0.3, -0.25) is 24.1 Å². The molecule has 0 fully saturated rings. The summed E-state index contributed by atoms with van der Waals surface area (Å²) in [5.74, 6) is -1.42. The summed E-state index contributed by atoms with van der Waals surface area (Å²) in [6.45, 7) is 1.04. The molecule has 3 aromatic carbocycles. The average Bonchev–Trinajstić information content (AvgIpc) is 3.72. The summed E-state index contributed by atoms with van der Waals surface area (Å²) < 4.78 is 10.8. The zero-order valence-electron chi connectivity index (χ0n) is 21.8. The number of para-hydroxylation sites is 1. The maximum atomic E-state index is 13.3. The van der Waals surface area contributed by atoms with Crippen LogP contribution in [0.2, 0.25) is 0 Å². The maximum absolute atomic E-state index is 13.3. The highest BCUT2D eigenvalue weighted by atomic mass is 16.6. The van der Waals surface area contributed by atoms with E-state index in [1.54, 1.807) is 60.9 Å². The van der Waals surface area contributed by atoms with Gasteiger partial charge >= 0.3 is 5.97 Å². The van der Waals surface area contributed by atoms with Gasteiger partial charge in [0.2, 0.25) is 0 Å². The lowest BCUT2D eigenvalue weighted by molar-refractivity contribution is -0.131. The number of hydrogen-bond acceptors (Lipinski definition) is 8. The van der Waals surface area contributed by atoms with Gasteiger partial charge in [-0.05, 0) is 48.0 Å². The Morgan fingerprint density at radius 2 is 1.68 bits per heavy atom. The zero-order valence-corrected chi connectivity index (χ0v) is 21.8. The second-order valence-corrected chi connectivity index (χ2v) is 9.51. The Hall–Kier alpha value is -5.51. The molecule has 1 N–H and O–H groups in total. The molecule has 3 heterocycles. The molecule has 41 heavy (non-hydrogen) atoms.